The van der Waals surface area contributed by atoms with E-state index < -0.39 is 94.6 Å². The van der Waals surface area contributed by atoms with E-state index in [0.717, 1.165) is 13.8 Å². The number of fused-ring (bicyclic) bond motifs is 1. The van der Waals surface area contributed by atoms with Gasteiger partial charge in [0.15, 0.2) is 17.3 Å². The summed E-state index contributed by atoms with van der Waals surface area (Å²) in [5, 5.41) is 23.3. The number of carbonyl (C=O) groups is 5. The lowest BCUT2D eigenvalue weighted by atomic mass is 9.51. The zero-order chi connectivity index (χ0) is 30.9. The van der Waals surface area contributed by atoms with E-state index in [2.05, 4.69) is 0 Å². The molecule has 2 heterocycles. The van der Waals surface area contributed by atoms with Gasteiger partial charge in [0, 0.05) is 46.5 Å². The summed E-state index contributed by atoms with van der Waals surface area (Å²) in [5.74, 6) is -5.02. The Morgan fingerprint density at radius 3 is 1.88 bits per heavy atom. The van der Waals surface area contributed by atoms with E-state index in [0.29, 0.717) is 5.57 Å². The number of rotatable bonds is 4. The van der Waals surface area contributed by atoms with Crippen LogP contribution in [-0.4, -0.2) is 93.5 Å². The summed E-state index contributed by atoms with van der Waals surface area (Å²) in [4.78, 5) is 62.8. The lowest BCUT2D eigenvalue weighted by Gasteiger charge is -2.59. The number of hydrogen-bond acceptors (Lipinski definition) is 13. The molecule has 2 aliphatic heterocycles. The van der Waals surface area contributed by atoms with Crippen molar-refractivity contribution in [3.8, 4) is 0 Å². The number of epoxide rings is 1. The van der Waals surface area contributed by atoms with Crippen LogP contribution in [0.3, 0.4) is 0 Å². The average molecular weight is 583 g/mol. The second-order valence-electron chi connectivity index (χ2n) is 12.0. The first kappa shape index (κ1) is 30.9. The number of hydrogen-bond donors (Lipinski definition) is 2. The highest BCUT2D eigenvalue weighted by atomic mass is 16.7. The van der Waals surface area contributed by atoms with Gasteiger partial charge < -0.3 is 38.6 Å². The fourth-order valence-corrected chi connectivity index (χ4v) is 7.23. The normalized spacial score (nSPS) is 46.2. The van der Waals surface area contributed by atoms with Gasteiger partial charge in [0.05, 0.1) is 17.1 Å². The second kappa shape index (κ2) is 10.1. The van der Waals surface area contributed by atoms with Gasteiger partial charge in [0.25, 0.3) is 0 Å². The maximum absolute atomic E-state index is 13.1. The standard InChI is InChI=1S/C28H38O13/c1-12-9-21-28(27(8,41-28)24(34)40-21)23(39-16(5)32)22-25(6,19(37-14(3)30)10-17(12)36-13(2)29)20(38-15(4)31)11-18(33)26(22,7)35/h9,17-23,33,35H,10-11H2,1-8H3/b12-9-/t17-,18+,19+,20+,21+,22-,23+,25+,26-,27+,28+/m0/s1. The lowest BCUT2D eigenvalue weighted by Crippen LogP contribution is -2.72. The molecule has 13 heteroatoms. The van der Waals surface area contributed by atoms with Crippen molar-refractivity contribution in [3.63, 3.8) is 0 Å². The SMILES string of the molecule is CC(=O)O[C@H]1C[C@@H](OC(C)=O)[C@@]2(C)[C@H]([C@@H](OC(C)=O)[C@@]34O[C@]3(C)C(=O)O[C@@H]4/C=C\1C)[C@@](C)(O)[C@H](O)C[C@H]2OC(C)=O. The van der Waals surface area contributed by atoms with Crippen molar-refractivity contribution in [2.24, 2.45) is 11.3 Å². The monoisotopic (exact) mass is 582 g/mol. The van der Waals surface area contributed by atoms with Crippen LogP contribution in [0.2, 0.25) is 0 Å². The molecule has 1 spiro atoms. The summed E-state index contributed by atoms with van der Waals surface area (Å²) in [6.45, 7) is 10.7. The molecule has 4 rings (SSSR count). The largest absolute Gasteiger partial charge is 0.462 e. The molecule has 0 aromatic heterocycles. The first-order valence-electron chi connectivity index (χ1n) is 13.5. The van der Waals surface area contributed by atoms with E-state index in [1.165, 1.54) is 33.8 Å². The van der Waals surface area contributed by atoms with Crippen LogP contribution in [0.5, 0.6) is 0 Å². The number of carbonyl (C=O) groups excluding carboxylic acids is 5. The Morgan fingerprint density at radius 1 is 0.878 bits per heavy atom. The molecule has 1 saturated carbocycles. The number of ether oxygens (including phenoxy) is 6. The Morgan fingerprint density at radius 2 is 1.39 bits per heavy atom. The maximum Gasteiger partial charge on any atom is 0.342 e. The third-order valence-corrected chi connectivity index (χ3v) is 9.22. The minimum Gasteiger partial charge on any atom is -0.462 e. The van der Waals surface area contributed by atoms with Crippen molar-refractivity contribution in [2.75, 3.05) is 0 Å². The minimum atomic E-state index is -2.09. The van der Waals surface area contributed by atoms with Crippen molar-refractivity contribution in [1.29, 1.82) is 0 Å². The molecule has 0 aromatic carbocycles. The fraction of sp³-hybridized carbons (Fsp3) is 0.750. The van der Waals surface area contributed by atoms with Crippen molar-refractivity contribution < 1.29 is 62.6 Å². The predicted molar refractivity (Wildman–Crippen MR) is 136 cm³/mol. The molecular formula is C28H38O13. The van der Waals surface area contributed by atoms with Gasteiger partial charge in [-0.2, -0.15) is 0 Å². The Balaban J connectivity index is 2.09. The second-order valence-corrected chi connectivity index (χ2v) is 12.0. The Bertz CT molecular complexity index is 1190. The molecule has 11 atom stereocenters. The summed E-state index contributed by atoms with van der Waals surface area (Å²) in [6.07, 6.45) is -6.57. The van der Waals surface area contributed by atoms with Crippen LogP contribution in [0.15, 0.2) is 11.6 Å². The maximum atomic E-state index is 13.1. The Labute approximate surface area is 237 Å². The molecule has 0 aromatic rings. The molecular weight excluding hydrogens is 544 g/mol. The quantitative estimate of drug-likeness (QED) is 0.204. The molecule has 3 fully saturated rings. The molecule has 0 radical (unpaired) electrons. The molecule has 13 nitrogen and oxygen atoms in total. The molecule has 0 amide bonds. The van der Waals surface area contributed by atoms with Gasteiger partial charge in [-0.1, -0.05) is 6.92 Å². The van der Waals surface area contributed by atoms with E-state index in [1.807, 2.05) is 0 Å². The number of esters is 5. The summed E-state index contributed by atoms with van der Waals surface area (Å²) in [5.41, 5.74) is -6.61. The molecule has 2 N–H and O–H groups in total. The highest BCUT2D eigenvalue weighted by molar-refractivity contribution is 5.89. The van der Waals surface area contributed by atoms with Gasteiger partial charge in [0.1, 0.15) is 24.4 Å². The van der Waals surface area contributed by atoms with E-state index in [9.17, 15) is 34.2 Å². The van der Waals surface area contributed by atoms with Crippen LogP contribution in [0, 0.1) is 11.3 Å². The Kier molecular flexibility index (Phi) is 7.58. The van der Waals surface area contributed by atoms with Crippen LogP contribution in [-0.2, 0) is 52.4 Å². The van der Waals surface area contributed by atoms with E-state index in [1.54, 1.807) is 13.8 Å². The van der Waals surface area contributed by atoms with Crippen LogP contribution >= 0.6 is 0 Å². The zero-order valence-electron chi connectivity index (χ0n) is 24.4. The minimum absolute atomic E-state index is 0.170. The summed E-state index contributed by atoms with van der Waals surface area (Å²) in [7, 11) is 0. The van der Waals surface area contributed by atoms with Gasteiger partial charge >= 0.3 is 29.8 Å². The van der Waals surface area contributed by atoms with Crippen molar-refractivity contribution in [2.45, 2.75) is 122 Å². The van der Waals surface area contributed by atoms with E-state index >= 15 is 0 Å². The van der Waals surface area contributed by atoms with Crippen LogP contribution < -0.4 is 0 Å². The van der Waals surface area contributed by atoms with E-state index in [-0.39, 0.29) is 12.8 Å². The average Bonchev–Trinajstić information content (AvgIpc) is 3.40. The van der Waals surface area contributed by atoms with Crippen LogP contribution in [0.1, 0.15) is 68.2 Å². The molecule has 2 aliphatic carbocycles. The topological polar surface area (TPSA) is 184 Å². The molecule has 2 saturated heterocycles. The Hall–Kier alpha value is -3.03. The van der Waals surface area contributed by atoms with Gasteiger partial charge in [-0.3, -0.25) is 19.2 Å². The van der Waals surface area contributed by atoms with Crippen molar-refractivity contribution in [3.05, 3.63) is 11.6 Å². The van der Waals surface area contributed by atoms with Gasteiger partial charge in [-0.15, -0.1) is 0 Å². The number of aliphatic hydroxyl groups is 2. The van der Waals surface area contributed by atoms with Crippen LogP contribution in [0.25, 0.3) is 0 Å². The first-order valence-corrected chi connectivity index (χ1v) is 13.5. The summed E-state index contributed by atoms with van der Waals surface area (Å²) in [6, 6.07) is 0. The van der Waals surface area contributed by atoms with Gasteiger partial charge in [-0.05, 0) is 32.4 Å². The summed E-state index contributed by atoms with van der Waals surface area (Å²) < 4.78 is 34.8. The fourth-order valence-electron chi connectivity index (χ4n) is 7.23. The highest BCUT2D eigenvalue weighted by Crippen LogP contribution is 2.66. The smallest absolute Gasteiger partial charge is 0.342 e. The van der Waals surface area contributed by atoms with Crippen molar-refractivity contribution >= 4 is 29.8 Å². The highest BCUT2D eigenvalue weighted by Gasteiger charge is 2.88. The molecule has 0 unspecified atom stereocenters. The molecule has 41 heavy (non-hydrogen) atoms. The lowest BCUT2D eigenvalue weighted by molar-refractivity contribution is -0.275. The third kappa shape index (κ3) is 4.71. The van der Waals surface area contributed by atoms with E-state index in [4.69, 9.17) is 28.4 Å². The zero-order valence-corrected chi connectivity index (χ0v) is 24.4. The summed E-state index contributed by atoms with van der Waals surface area (Å²) >= 11 is 0. The molecule has 228 valence electrons. The third-order valence-electron chi connectivity index (χ3n) is 9.22. The van der Waals surface area contributed by atoms with Gasteiger partial charge in [-0.25, -0.2) is 4.79 Å². The molecule has 0 bridgehead atoms. The molecule has 4 aliphatic rings. The number of aliphatic hydroxyl groups excluding tert-OH is 1. The predicted octanol–water partition coefficient (Wildman–Crippen LogP) is 0.654. The van der Waals surface area contributed by atoms with Crippen molar-refractivity contribution in [1.82, 2.24) is 0 Å². The first-order chi connectivity index (χ1) is 18.8. The van der Waals surface area contributed by atoms with Crippen LogP contribution in [0.4, 0.5) is 0 Å². The van der Waals surface area contributed by atoms with Gasteiger partial charge in [0.2, 0.25) is 0 Å².